The molecule has 2 aromatic rings. The van der Waals surface area contributed by atoms with Gasteiger partial charge in [-0.05, 0) is 50.8 Å². The minimum atomic E-state index is 0.565. The van der Waals surface area contributed by atoms with Crippen LogP contribution in [0.3, 0.4) is 0 Å². The van der Waals surface area contributed by atoms with Crippen LogP contribution in [0, 0.1) is 19.8 Å². The van der Waals surface area contributed by atoms with E-state index in [-0.39, 0.29) is 0 Å². The van der Waals surface area contributed by atoms with E-state index >= 15 is 0 Å². The van der Waals surface area contributed by atoms with Crippen molar-refractivity contribution in [2.24, 2.45) is 10.9 Å². The number of aryl methyl sites for hydroxylation is 2. The SMILES string of the molecule is CCNC(=NCC1CCN(c2cc(Cl)ccc2C)C1)NCCc1ncc(C)s1. The average molecular weight is 420 g/mol. The number of hydrogen-bond acceptors (Lipinski definition) is 4. The summed E-state index contributed by atoms with van der Waals surface area (Å²) in [6.45, 7) is 11.0. The maximum absolute atomic E-state index is 6.19. The number of nitrogens with one attached hydrogen (secondary N) is 2. The number of thiazole rings is 1. The topological polar surface area (TPSA) is 52.6 Å². The Morgan fingerprint density at radius 1 is 1.36 bits per heavy atom. The highest BCUT2D eigenvalue weighted by Crippen LogP contribution is 2.29. The summed E-state index contributed by atoms with van der Waals surface area (Å²) in [6, 6.07) is 6.13. The molecule has 5 nitrogen and oxygen atoms in total. The van der Waals surface area contributed by atoms with E-state index in [9.17, 15) is 0 Å². The van der Waals surface area contributed by atoms with Crippen LogP contribution < -0.4 is 15.5 Å². The van der Waals surface area contributed by atoms with E-state index in [1.165, 1.54) is 21.1 Å². The lowest BCUT2D eigenvalue weighted by Crippen LogP contribution is -2.38. The van der Waals surface area contributed by atoms with Crippen LogP contribution in [0.15, 0.2) is 29.4 Å². The maximum Gasteiger partial charge on any atom is 0.191 e. The zero-order valence-electron chi connectivity index (χ0n) is 17.0. The lowest BCUT2D eigenvalue weighted by atomic mass is 10.1. The quantitative estimate of drug-likeness (QED) is 0.525. The van der Waals surface area contributed by atoms with Gasteiger partial charge in [0.1, 0.15) is 0 Å². The number of guanidine groups is 1. The average Bonchev–Trinajstić information content (AvgIpc) is 3.31. The van der Waals surface area contributed by atoms with E-state index in [0.717, 1.165) is 56.5 Å². The number of benzene rings is 1. The fourth-order valence-corrected chi connectivity index (χ4v) is 4.44. The van der Waals surface area contributed by atoms with Crippen molar-refractivity contribution in [2.75, 3.05) is 37.6 Å². The van der Waals surface area contributed by atoms with Gasteiger partial charge >= 0.3 is 0 Å². The van der Waals surface area contributed by atoms with Gasteiger partial charge in [0.05, 0.1) is 5.01 Å². The maximum atomic E-state index is 6.19. The molecule has 152 valence electrons. The number of rotatable bonds is 7. The third kappa shape index (κ3) is 5.85. The van der Waals surface area contributed by atoms with Crippen molar-refractivity contribution >= 4 is 34.6 Å². The lowest BCUT2D eigenvalue weighted by Gasteiger charge is -2.21. The van der Waals surface area contributed by atoms with E-state index < -0.39 is 0 Å². The van der Waals surface area contributed by atoms with Gasteiger partial charge in [0.2, 0.25) is 0 Å². The zero-order valence-corrected chi connectivity index (χ0v) is 18.5. The molecule has 1 aromatic heterocycles. The summed E-state index contributed by atoms with van der Waals surface area (Å²) < 4.78 is 0. The molecule has 0 radical (unpaired) electrons. The van der Waals surface area contributed by atoms with Crippen molar-refractivity contribution in [1.29, 1.82) is 0 Å². The molecule has 3 rings (SSSR count). The van der Waals surface area contributed by atoms with Gasteiger partial charge < -0.3 is 15.5 Å². The molecule has 1 atom stereocenters. The molecule has 2 N–H and O–H groups in total. The lowest BCUT2D eigenvalue weighted by molar-refractivity contribution is 0.599. The number of aromatic nitrogens is 1. The number of halogens is 1. The minimum Gasteiger partial charge on any atom is -0.371 e. The van der Waals surface area contributed by atoms with Gasteiger partial charge in [0.25, 0.3) is 0 Å². The summed E-state index contributed by atoms with van der Waals surface area (Å²) in [5.74, 6) is 1.46. The van der Waals surface area contributed by atoms with Gasteiger partial charge in [0, 0.05) is 60.9 Å². The first-order chi connectivity index (χ1) is 13.5. The highest BCUT2D eigenvalue weighted by molar-refractivity contribution is 7.11. The molecule has 2 heterocycles. The monoisotopic (exact) mass is 419 g/mol. The third-order valence-corrected chi connectivity index (χ3v) is 6.16. The summed E-state index contributed by atoms with van der Waals surface area (Å²) in [5.41, 5.74) is 2.53. The molecule has 0 saturated carbocycles. The molecule has 1 unspecified atom stereocenters. The van der Waals surface area contributed by atoms with Gasteiger partial charge in [-0.25, -0.2) is 4.98 Å². The summed E-state index contributed by atoms with van der Waals surface area (Å²) in [7, 11) is 0. The van der Waals surface area contributed by atoms with Gasteiger partial charge in [0.15, 0.2) is 5.96 Å². The minimum absolute atomic E-state index is 0.565. The first kappa shape index (κ1) is 20.9. The summed E-state index contributed by atoms with van der Waals surface area (Å²) in [5, 5.41) is 8.76. The number of nitrogens with zero attached hydrogens (tertiary/aromatic N) is 3. The van der Waals surface area contributed by atoms with Crippen LogP contribution in [0.4, 0.5) is 5.69 Å². The van der Waals surface area contributed by atoms with Crippen LogP contribution in [0.2, 0.25) is 5.02 Å². The van der Waals surface area contributed by atoms with E-state index in [1.54, 1.807) is 11.3 Å². The molecular weight excluding hydrogens is 390 g/mol. The Morgan fingerprint density at radius 3 is 2.96 bits per heavy atom. The molecule has 0 aliphatic carbocycles. The highest BCUT2D eigenvalue weighted by Gasteiger charge is 2.23. The summed E-state index contributed by atoms with van der Waals surface area (Å²) in [4.78, 5) is 12.9. The Kier molecular flexibility index (Phi) is 7.57. The Bertz CT molecular complexity index is 804. The molecule has 0 amide bonds. The number of aliphatic imine (C=N–C) groups is 1. The molecule has 7 heteroatoms. The molecule has 1 aromatic carbocycles. The van der Waals surface area contributed by atoms with E-state index in [4.69, 9.17) is 16.6 Å². The zero-order chi connectivity index (χ0) is 19.9. The van der Waals surface area contributed by atoms with Gasteiger partial charge in [-0.1, -0.05) is 17.7 Å². The number of hydrogen-bond donors (Lipinski definition) is 2. The second kappa shape index (κ2) is 10.1. The highest BCUT2D eigenvalue weighted by atomic mass is 35.5. The van der Waals surface area contributed by atoms with Crippen LogP contribution in [0.5, 0.6) is 0 Å². The smallest absolute Gasteiger partial charge is 0.191 e. The largest absolute Gasteiger partial charge is 0.371 e. The molecule has 0 bridgehead atoms. The number of anilines is 1. The Hall–Kier alpha value is -1.79. The van der Waals surface area contributed by atoms with Crippen LogP contribution in [-0.2, 0) is 6.42 Å². The summed E-state index contributed by atoms with van der Waals surface area (Å²) in [6.07, 6.45) is 4.02. The molecule has 1 aliphatic rings. The first-order valence-electron chi connectivity index (χ1n) is 9.99. The van der Waals surface area contributed by atoms with Crippen LogP contribution >= 0.6 is 22.9 Å². The third-order valence-electron chi connectivity index (χ3n) is 4.95. The standard InChI is InChI=1S/C21H30ClN5S/c1-4-23-21(24-9-7-20-25-12-16(3)28-20)26-13-17-8-10-27(14-17)19-11-18(22)6-5-15(19)2/h5-6,11-12,17H,4,7-10,13-14H2,1-3H3,(H2,23,24,26). The van der Waals surface area contributed by atoms with Crippen LogP contribution in [0.25, 0.3) is 0 Å². The van der Waals surface area contributed by atoms with Gasteiger partial charge in [-0.2, -0.15) is 0 Å². The second-order valence-corrected chi connectivity index (χ2v) is 9.05. The van der Waals surface area contributed by atoms with Crippen molar-refractivity contribution in [3.05, 3.63) is 44.9 Å². The van der Waals surface area contributed by atoms with Crippen molar-refractivity contribution in [3.8, 4) is 0 Å². The Labute approximate surface area is 177 Å². The predicted octanol–water partition coefficient (Wildman–Crippen LogP) is 4.04. The molecule has 1 saturated heterocycles. The Balaban J connectivity index is 1.51. The fraction of sp³-hybridized carbons (Fsp3) is 0.524. The normalized spacial score (nSPS) is 17.2. The van der Waals surface area contributed by atoms with E-state index in [1.807, 2.05) is 12.3 Å². The van der Waals surface area contributed by atoms with Gasteiger partial charge in [-0.3, -0.25) is 4.99 Å². The first-order valence-corrected chi connectivity index (χ1v) is 11.2. The Morgan fingerprint density at radius 2 is 2.21 bits per heavy atom. The van der Waals surface area contributed by atoms with Crippen molar-refractivity contribution in [1.82, 2.24) is 15.6 Å². The van der Waals surface area contributed by atoms with E-state index in [2.05, 4.69) is 53.4 Å². The molecule has 28 heavy (non-hydrogen) atoms. The van der Waals surface area contributed by atoms with Crippen LogP contribution in [-0.4, -0.2) is 43.7 Å². The fourth-order valence-electron chi connectivity index (χ4n) is 3.49. The van der Waals surface area contributed by atoms with Gasteiger partial charge in [-0.15, -0.1) is 11.3 Å². The second-order valence-electron chi connectivity index (χ2n) is 7.29. The summed E-state index contributed by atoms with van der Waals surface area (Å²) >= 11 is 7.95. The van der Waals surface area contributed by atoms with Crippen molar-refractivity contribution in [3.63, 3.8) is 0 Å². The predicted molar refractivity (Wildman–Crippen MR) is 121 cm³/mol. The van der Waals surface area contributed by atoms with E-state index in [0.29, 0.717) is 5.92 Å². The molecule has 0 spiro atoms. The molecular formula is C21H30ClN5S. The van der Waals surface area contributed by atoms with Crippen molar-refractivity contribution < 1.29 is 0 Å². The molecule has 1 aliphatic heterocycles. The molecule has 1 fully saturated rings. The van der Waals surface area contributed by atoms with Crippen LogP contribution in [0.1, 0.15) is 28.8 Å². The van der Waals surface area contributed by atoms with Crippen molar-refractivity contribution in [2.45, 2.75) is 33.6 Å².